The van der Waals surface area contributed by atoms with Gasteiger partial charge in [0.25, 0.3) is 0 Å². The van der Waals surface area contributed by atoms with Gasteiger partial charge in [-0.2, -0.15) is 0 Å². The number of halogens is 1. The molecule has 55 valence electrons. The van der Waals surface area contributed by atoms with Crippen molar-refractivity contribution in [2.45, 2.75) is 0 Å². The molecule has 1 nitrogen and oxygen atoms in total. The van der Waals surface area contributed by atoms with E-state index in [0.29, 0.717) is 0 Å². The molecule has 0 amide bonds. The predicted molar refractivity (Wildman–Crippen MR) is 46.6 cm³/mol. The SMILES string of the molecule is F.[B].c1ccc2c[nH]cc2c1. The van der Waals surface area contributed by atoms with E-state index in [9.17, 15) is 0 Å². The lowest BCUT2D eigenvalue weighted by Gasteiger charge is -1.81. The minimum absolute atomic E-state index is 0. The Morgan fingerprint density at radius 1 is 0.909 bits per heavy atom. The van der Waals surface area contributed by atoms with Crippen molar-refractivity contribution in [2.24, 2.45) is 0 Å². The van der Waals surface area contributed by atoms with Gasteiger partial charge in [0.05, 0.1) is 0 Å². The van der Waals surface area contributed by atoms with E-state index in [4.69, 9.17) is 0 Å². The lowest BCUT2D eigenvalue weighted by atomic mass is 10.2. The molecular weight excluding hydrogens is 140 g/mol. The number of fused-ring (bicyclic) bond motifs is 1. The first-order valence-electron chi connectivity index (χ1n) is 2.98. The highest BCUT2D eigenvalue weighted by Crippen LogP contribution is 2.10. The van der Waals surface area contributed by atoms with Gasteiger partial charge in [-0.25, -0.2) is 0 Å². The Bertz CT molecular complexity index is 288. The number of rotatable bonds is 0. The molecule has 0 atom stereocenters. The maximum atomic E-state index is 3.04. The van der Waals surface area contributed by atoms with Gasteiger partial charge in [0.15, 0.2) is 0 Å². The molecule has 0 aliphatic heterocycles. The van der Waals surface area contributed by atoms with Crippen LogP contribution in [0.2, 0.25) is 0 Å². The fourth-order valence-electron chi connectivity index (χ4n) is 0.995. The normalized spacial score (nSPS) is 8.36. The number of benzene rings is 1. The molecular formula is C8H8BFN. The van der Waals surface area contributed by atoms with Crippen LogP contribution in [0.5, 0.6) is 0 Å². The molecule has 2 aromatic rings. The van der Waals surface area contributed by atoms with Crippen LogP contribution in [0.1, 0.15) is 0 Å². The van der Waals surface area contributed by atoms with Crippen LogP contribution >= 0.6 is 0 Å². The number of hydrogen-bond donors (Lipinski definition) is 1. The highest BCUT2D eigenvalue weighted by Gasteiger charge is 1.86. The van der Waals surface area contributed by atoms with E-state index in [1.165, 1.54) is 10.8 Å². The average Bonchev–Trinajstić information content (AvgIpc) is 2.33. The molecule has 1 heterocycles. The molecule has 1 N–H and O–H groups in total. The minimum Gasteiger partial charge on any atom is -0.366 e. The molecule has 0 bridgehead atoms. The predicted octanol–water partition coefficient (Wildman–Crippen LogP) is 1.94. The Morgan fingerprint density at radius 3 is 1.82 bits per heavy atom. The minimum atomic E-state index is 0. The summed E-state index contributed by atoms with van der Waals surface area (Å²) in [5.41, 5.74) is 0. The van der Waals surface area contributed by atoms with Crippen LogP contribution in [0.15, 0.2) is 36.7 Å². The van der Waals surface area contributed by atoms with Crippen LogP contribution in [0.3, 0.4) is 0 Å². The van der Waals surface area contributed by atoms with E-state index >= 15 is 0 Å². The van der Waals surface area contributed by atoms with Crippen molar-refractivity contribution in [2.75, 3.05) is 0 Å². The van der Waals surface area contributed by atoms with Gasteiger partial charge in [-0.05, 0) is 10.8 Å². The molecule has 0 saturated carbocycles. The topological polar surface area (TPSA) is 15.8 Å². The van der Waals surface area contributed by atoms with Crippen LogP contribution in [0.4, 0.5) is 4.70 Å². The zero-order valence-electron chi connectivity index (χ0n) is 5.95. The molecule has 0 fully saturated rings. The third-order valence-electron chi connectivity index (χ3n) is 1.47. The Morgan fingerprint density at radius 2 is 1.36 bits per heavy atom. The number of H-pyrrole nitrogens is 1. The van der Waals surface area contributed by atoms with Crippen LogP contribution in [0, 0.1) is 0 Å². The van der Waals surface area contributed by atoms with Crippen molar-refractivity contribution < 1.29 is 4.70 Å². The smallest absolute Gasteiger partial charge is 0.00843 e. The lowest BCUT2D eigenvalue weighted by molar-refractivity contribution is 1.11. The van der Waals surface area contributed by atoms with E-state index < -0.39 is 0 Å². The summed E-state index contributed by atoms with van der Waals surface area (Å²) >= 11 is 0. The number of hydrogen-bond acceptors (Lipinski definition) is 0. The first kappa shape index (κ1) is 9.75. The Hall–Kier alpha value is -1.25. The van der Waals surface area contributed by atoms with Crippen molar-refractivity contribution in [3.05, 3.63) is 36.7 Å². The Kier molecular flexibility index (Phi) is 3.38. The maximum Gasteiger partial charge on any atom is 0.00843 e. The molecule has 3 heteroatoms. The molecule has 1 aromatic carbocycles. The monoisotopic (exact) mass is 148 g/mol. The van der Waals surface area contributed by atoms with Gasteiger partial charge in [0.2, 0.25) is 0 Å². The van der Waals surface area contributed by atoms with E-state index in [-0.39, 0.29) is 13.1 Å². The van der Waals surface area contributed by atoms with Gasteiger partial charge in [0.1, 0.15) is 0 Å². The van der Waals surface area contributed by atoms with Gasteiger partial charge in [-0.3, -0.25) is 4.70 Å². The average molecular weight is 148 g/mol. The summed E-state index contributed by atoms with van der Waals surface area (Å²) < 4.78 is 0. The first-order chi connectivity index (χ1) is 4.47. The molecule has 0 spiro atoms. The second-order valence-corrected chi connectivity index (χ2v) is 2.08. The van der Waals surface area contributed by atoms with Gasteiger partial charge in [-0.15, -0.1) is 0 Å². The lowest BCUT2D eigenvalue weighted by Crippen LogP contribution is -1.57. The van der Waals surface area contributed by atoms with Crippen LogP contribution in [0.25, 0.3) is 10.8 Å². The molecule has 0 unspecified atom stereocenters. The van der Waals surface area contributed by atoms with Gasteiger partial charge in [-0.1, -0.05) is 24.3 Å². The zero-order valence-corrected chi connectivity index (χ0v) is 5.95. The zero-order chi connectivity index (χ0) is 6.10. The summed E-state index contributed by atoms with van der Waals surface area (Å²) in [6, 6.07) is 8.25. The Balaban J connectivity index is 0.000000500. The van der Waals surface area contributed by atoms with Gasteiger partial charge in [0, 0.05) is 20.8 Å². The highest BCUT2D eigenvalue weighted by molar-refractivity contribution is 5.81. The van der Waals surface area contributed by atoms with Crippen molar-refractivity contribution in [3.63, 3.8) is 0 Å². The van der Waals surface area contributed by atoms with Crippen molar-refractivity contribution in [1.29, 1.82) is 0 Å². The summed E-state index contributed by atoms with van der Waals surface area (Å²) in [7, 11) is 0. The van der Waals surface area contributed by atoms with Crippen molar-refractivity contribution >= 4 is 19.2 Å². The highest BCUT2D eigenvalue weighted by atomic mass is 19.0. The second kappa shape index (κ2) is 3.81. The second-order valence-electron chi connectivity index (χ2n) is 2.08. The van der Waals surface area contributed by atoms with Crippen molar-refractivity contribution in [3.8, 4) is 0 Å². The van der Waals surface area contributed by atoms with Crippen LogP contribution in [-0.4, -0.2) is 13.4 Å². The van der Waals surface area contributed by atoms with Gasteiger partial charge < -0.3 is 4.98 Å². The van der Waals surface area contributed by atoms with E-state index in [0.717, 1.165) is 0 Å². The fourth-order valence-corrected chi connectivity index (χ4v) is 0.995. The van der Waals surface area contributed by atoms with E-state index in [1.54, 1.807) is 0 Å². The summed E-state index contributed by atoms with van der Waals surface area (Å²) in [6.07, 6.45) is 3.99. The number of nitrogens with one attached hydrogen (secondary N) is 1. The molecule has 0 aliphatic carbocycles. The fraction of sp³-hybridized carbons (Fsp3) is 0. The molecule has 3 radical (unpaired) electrons. The third kappa shape index (κ3) is 1.61. The summed E-state index contributed by atoms with van der Waals surface area (Å²) in [5, 5.41) is 2.55. The summed E-state index contributed by atoms with van der Waals surface area (Å²) in [5.74, 6) is 0. The number of aromatic amines is 1. The van der Waals surface area contributed by atoms with Crippen molar-refractivity contribution in [1.82, 2.24) is 4.98 Å². The maximum absolute atomic E-state index is 3.04. The number of aromatic nitrogens is 1. The first-order valence-corrected chi connectivity index (χ1v) is 2.98. The largest absolute Gasteiger partial charge is 0.366 e. The third-order valence-corrected chi connectivity index (χ3v) is 1.47. The summed E-state index contributed by atoms with van der Waals surface area (Å²) in [4.78, 5) is 3.04. The summed E-state index contributed by atoms with van der Waals surface area (Å²) in [6.45, 7) is 0. The van der Waals surface area contributed by atoms with Crippen LogP contribution < -0.4 is 0 Å². The molecule has 2 rings (SSSR count). The van der Waals surface area contributed by atoms with E-state index in [1.807, 2.05) is 24.5 Å². The standard InChI is InChI=1S/C8H7N.B.FH/c1-2-4-8-6-9-5-7(8)3-1;;/h1-6,9H;;1H. The van der Waals surface area contributed by atoms with Gasteiger partial charge >= 0.3 is 0 Å². The molecule has 1 aromatic heterocycles. The molecule has 0 saturated heterocycles. The van der Waals surface area contributed by atoms with Crippen LogP contribution in [-0.2, 0) is 0 Å². The molecule has 0 aliphatic rings. The quantitative estimate of drug-likeness (QED) is 0.549. The van der Waals surface area contributed by atoms with E-state index in [2.05, 4.69) is 17.1 Å². The Labute approximate surface area is 66.4 Å². The molecule has 11 heavy (non-hydrogen) atoms.